The van der Waals surface area contributed by atoms with Crippen LogP contribution in [0.1, 0.15) is 15.9 Å². The van der Waals surface area contributed by atoms with E-state index in [0.29, 0.717) is 12.1 Å². The summed E-state index contributed by atoms with van der Waals surface area (Å²) in [5, 5.41) is 2.85. The summed E-state index contributed by atoms with van der Waals surface area (Å²) in [4.78, 5) is 27.8. The van der Waals surface area contributed by atoms with Gasteiger partial charge < -0.3 is 5.32 Å². The van der Waals surface area contributed by atoms with E-state index in [1.807, 2.05) is 18.2 Å². The average molecular weight is 296 g/mol. The van der Waals surface area contributed by atoms with Crippen LogP contribution in [0.4, 0.5) is 0 Å². The van der Waals surface area contributed by atoms with E-state index in [9.17, 15) is 9.59 Å². The fourth-order valence-electron chi connectivity index (χ4n) is 2.44. The number of hydrogen-bond acceptors (Lipinski definition) is 3. The molecular weight excluding hydrogens is 280 g/mol. The highest BCUT2D eigenvalue weighted by atomic mass is 16.2. The van der Waals surface area contributed by atoms with Crippen LogP contribution in [0.15, 0.2) is 47.5 Å². The standard InChI is InChI=1S/C16H16N4O2/c1-19-13-6-5-11(8-14(13)20(2)16(19)22)9-18-15(21)12-4-3-7-17-10-12/h3-8,10H,9H2,1-2H3,(H,18,21). The Morgan fingerprint density at radius 3 is 2.68 bits per heavy atom. The second-order valence-electron chi connectivity index (χ2n) is 5.15. The van der Waals surface area contributed by atoms with Gasteiger partial charge in [0.2, 0.25) is 0 Å². The molecule has 0 saturated heterocycles. The first-order chi connectivity index (χ1) is 10.6. The third-order valence-corrected chi connectivity index (χ3v) is 3.71. The summed E-state index contributed by atoms with van der Waals surface area (Å²) in [6, 6.07) is 9.15. The molecule has 112 valence electrons. The molecule has 0 fully saturated rings. The van der Waals surface area contributed by atoms with Gasteiger partial charge in [0.25, 0.3) is 5.91 Å². The number of carbonyl (C=O) groups excluding carboxylic acids is 1. The van der Waals surface area contributed by atoms with E-state index in [-0.39, 0.29) is 11.6 Å². The molecule has 0 aliphatic rings. The Morgan fingerprint density at radius 1 is 1.18 bits per heavy atom. The highest BCUT2D eigenvalue weighted by Gasteiger charge is 2.09. The maximum absolute atomic E-state index is 12.0. The first-order valence-corrected chi connectivity index (χ1v) is 6.90. The maximum Gasteiger partial charge on any atom is 0.328 e. The predicted octanol–water partition coefficient (Wildman–Crippen LogP) is 1.20. The zero-order valence-corrected chi connectivity index (χ0v) is 12.4. The second kappa shape index (κ2) is 5.48. The Hall–Kier alpha value is -2.89. The summed E-state index contributed by atoms with van der Waals surface area (Å²) in [7, 11) is 3.48. The van der Waals surface area contributed by atoms with Crippen LogP contribution >= 0.6 is 0 Å². The minimum Gasteiger partial charge on any atom is -0.348 e. The van der Waals surface area contributed by atoms with Gasteiger partial charge in [-0.25, -0.2) is 4.79 Å². The third kappa shape index (κ3) is 2.39. The first-order valence-electron chi connectivity index (χ1n) is 6.90. The molecular formula is C16H16N4O2. The molecule has 0 radical (unpaired) electrons. The third-order valence-electron chi connectivity index (χ3n) is 3.71. The van der Waals surface area contributed by atoms with Crippen LogP contribution in [0.2, 0.25) is 0 Å². The zero-order chi connectivity index (χ0) is 15.7. The highest BCUT2D eigenvalue weighted by Crippen LogP contribution is 2.14. The van der Waals surface area contributed by atoms with Crippen LogP contribution in [0, 0.1) is 0 Å². The lowest BCUT2D eigenvalue weighted by Gasteiger charge is -2.06. The molecule has 0 unspecified atom stereocenters. The van der Waals surface area contributed by atoms with Crippen LogP contribution in [0.25, 0.3) is 11.0 Å². The lowest BCUT2D eigenvalue weighted by molar-refractivity contribution is 0.0950. The van der Waals surface area contributed by atoms with Crippen LogP contribution in [-0.4, -0.2) is 20.0 Å². The van der Waals surface area contributed by atoms with E-state index < -0.39 is 0 Å². The molecule has 22 heavy (non-hydrogen) atoms. The molecule has 0 atom stereocenters. The number of imidazole rings is 1. The zero-order valence-electron chi connectivity index (χ0n) is 12.4. The minimum absolute atomic E-state index is 0.0634. The van der Waals surface area contributed by atoms with Gasteiger partial charge in [-0.05, 0) is 29.8 Å². The number of carbonyl (C=O) groups is 1. The predicted molar refractivity (Wildman–Crippen MR) is 83.6 cm³/mol. The van der Waals surface area contributed by atoms with Gasteiger partial charge in [-0.15, -0.1) is 0 Å². The maximum atomic E-state index is 12.0. The van der Waals surface area contributed by atoms with E-state index in [4.69, 9.17) is 0 Å². The van der Waals surface area contributed by atoms with Gasteiger partial charge in [0.15, 0.2) is 0 Å². The van der Waals surface area contributed by atoms with Crippen molar-refractivity contribution in [3.05, 3.63) is 64.3 Å². The Balaban J connectivity index is 1.82. The monoisotopic (exact) mass is 296 g/mol. The second-order valence-corrected chi connectivity index (χ2v) is 5.15. The lowest BCUT2D eigenvalue weighted by Crippen LogP contribution is -2.22. The summed E-state index contributed by atoms with van der Waals surface area (Å²) in [5.41, 5.74) is 3.11. The summed E-state index contributed by atoms with van der Waals surface area (Å²) in [6.07, 6.45) is 3.15. The topological polar surface area (TPSA) is 68.9 Å². The Kier molecular flexibility index (Phi) is 3.50. The summed E-state index contributed by atoms with van der Waals surface area (Å²) in [6.45, 7) is 0.396. The molecule has 1 aromatic carbocycles. The normalized spacial score (nSPS) is 10.8. The van der Waals surface area contributed by atoms with E-state index in [2.05, 4.69) is 10.3 Å². The number of nitrogens with zero attached hydrogens (tertiary/aromatic N) is 3. The smallest absolute Gasteiger partial charge is 0.328 e. The number of nitrogens with one attached hydrogen (secondary N) is 1. The molecule has 6 heteroatoms. The SMILES string of the molecule is Cn1c(=O)n(C)c2cc(CNC(=O)c3cccnc3)ccc21. The molecule has 1 amide bonds. The van der Waals surface area contributed by atoms with Crippen molar-refractivity contribution >= 4 is 16.9 Å². The number of pyridine rings is 1. The molecule has 2 heterocycles. The largest absolute Gasteiger partial charge is 0.348 e. The lowest BCUT2D eigenvalue weighted by atomic mass is 10.2. The number of amides is 1. The number of fused-ring (bicyclic) bond motifs is 1. The van der Waals surface area contributed by atoms with E-state index in [1.54, 1.807) is 41.6 Å². The number of aromatic nitrogens is 3. The van der Waals surface area contributed by atoms with Crippen molar-refractivity contribution < 1.29 is 4.79 Å². The van der Waals surface area contributed by atoms with Crippen LogP contribution in [0.3, 0.4) is 0 Å². The van der Waals surface area contributed by atoms with E-state index in [0.717, 1.165) is 16.6 Å². The van der Waals surface area contributed by atoms with Crippen LogP contribution in [-0.2, 0) is 20.6 Å². The number of aryl methyl sites for hydroxylation is 2. The van der Waals surface area contributed by atoms with Gasteiger partial charge in [0, 0.05) is 33.0 Å². The van der Waals surface area contributed by atoms with Crippen molar-refractivity contribution in [1.82, 2.24) is 19.4 Å². The van der Waals surface area contributed by atoms with Gasteiger partial charge in [-0.2, -0.15) is 0 Å². The van der Waals surface area contributed by atoms with E-state index in [1.165, 1.54) is 6.20 Å². The Morgan fingerprint density at radius 2 is 1.95 bits per heavy atom. The molecule has 0 saturated carbocycles. The van der Waals surface area contributed by atoms with Gasteiger partial charge in [-0.3, -0.25) is 18.9 Å². The van der Waals surface area contributed by atoms with Crippen molar-refractivity contribution in [1.29, 1.82) is 0 Å². The minimum atomic E-state index is -0.171. The fraction of sp³-hybridized carbons (Fsp3) is 0.188. The van der Waals surface area contributed by atoms with Gasteiger partial charge in [0.1, 0.15) is 0 Å². The molecule has 0 aliphatic heterocycles. The van der Waals surface area contributed by atoms with Crippen LogP contribution < -0.4 is 11.0 Å². The van der Waals surface area contributed by atoms with E-state index >= 15 is 0 Å². The van der Waals surface area contributed by atoms with Crippen LogP contribution in [0.5, 0.6) is 0 Å². The summed E-state index contributed by atoms with van der Waals surface area (Å²) in [5.74, 6) is -0.171. The molecule has 0 aliphatic carbocycles. The average Bonchev–Trinajstić information content (AvgIpc) is 2.78. The van der Waals surface area contributed by atoms with Crippen molar-refractivity contribution in [2.24, 2.45) is 14.1 Å². The Bertz CT molecular complexity index is 894. The fourth-order valence-corrected chi connectivity index (χ4v) is 2.44. The molecule has 3 aromatic rings. The van der Waals surface area contributed by atoms with Crippen molar-refractivity contribution in [2.75, 3.05) is 0 Å². The summed E-state index contributed by atoms with van der Waals surface area (Å²) < 4.78 is 3.20. The summed E-state index contributed by atoms with van der Waals surface area (Å²) >= 11 is 0. The molecule has 3 rings (SSSR count). The van der Waals surface area contributed by atoms with Gasteiger partial charge in [0.05, 0.1) is 16.6 Å². The number of benzene rings is 1. The van der Waals surface area contributed by atoms with Gasteiger partial charge in [-0.1, -0.05) is 6.07 Å². The molecule has 2 aromatic heterocycles. The van der Waals surface area contributed by atoms with Crippen molar-refractivity contribution in [2.45, 2.75) is 6.54 Å². The highest BCUT2D eigenvalue weighted by molar-refractivity contribution is 5.93. The molecule has 0 bridgehead atoms. The van der Waals surface area contributed by atoms with Crippen molar-refractivity contribution in [3.8, 4) is 0 Å². The molecule has 6 nitrogen and oxygen atoms in total. The number of rotatable bonds is 3. The first kappa shape index (κ1) is 14.1. The van der Waals surface area contributed by atoms with Crippen molar-refractivity contribution in [3.63, 3.8) is 0 Å². The Labute approximate surface area is 127 Å². The molecule has 1 N–H and O–H groups in total. The van der Waals surface area contributed by atoms with Gasteiger partial charge >= 0.3 is 5.69 Å². The molecule has 0 spiro atoms. The quantitative estimate of drug-likeness (QED) is 0.789. The number of hydrogen-bond donors (Lipinski definition) is 1.